The number of hydrogen-bond acceptors (Lipinski definition) is 4. The molecule has 0 fully saturated rings. The standard InChI is InChI=1S/C11H14O3S/c1-3-13-9-5-7-10(8-6-9)15-11(12)14-4-2/h5-8H,3-4H2,1-2H3. The highest BCUT2D eigenvalue weighted by Gasteiger charge is 2.04. The van der Waals surface area contributed by atoms with Crippen LogP contribution in [0.15, 0.2) is 29.2 Å². The first-order valence-electron chi connectivity index (χ1n) is 4.83. The van der Waals surface area contributed by atoms with Crippen LogP contribution in [0.2, 0.25) is 0 Å². The molecule has 1 rings (SSSR count). The van der Waals surface area contributed by atoms with Gasteiger partial charge in [0.15, 0.2) is 0 Å². The van der Waals surface area contributed by atoms with Crippen molar-refractivity contribution in [1.29, 1.82) is 0 Å². The van der Waals surface area contributed by atoms with Crippen molar-refractivity contribution in [2.45, 2.75) is 18.7 Å². The monoisotopic (exact) mass is 226 g/mol. The zero-order valence-electron chi connectivity index (χ0n) is 8.86. The average molecular weight is 226 g/mol. The van der Waals surface area contributed by atoms with Gasteiger partial charge in [-0.05, 0) is 49.9 Å². The molecule has 0 atom stereocenters. The van der Waals surface area contributed by atoms with Crippen LogP contribution in [-0.2, 0) is 4.74 Å². The van der Waals surface area contributed by atoms with Gasteiger partial charge in [0.05, 0.1) is 13.2 Å². The molecule has 0 aliphatic heterocycles. The smallest absolute Gasteiger partial charge is 0.372 e. The summed E-state index contributed by atoms with van der Waals surface area (Å²) in [5.74, 6) is 0.811. The van der Waals surface area contributed by atoms with Crippen molar-refractivity contribution < 1.29 is 14.3 Å². The van der Waals surface area contributed by atoms with E-state index >= 15 is 0 Å². The molecule has 3 nitrogen and oxygen atoms in total. The maximum Gasteiger partial charge on any atom is 0.372 e. The van der Waals surface area contributed by atoms with Crippen LogP contribution in [-0.4, -0.2) is 18.5 Å². The van der Waals surface area contributed by atoms with E-state index in [0.29, 0.717) is 13.2 Å². The molecule has 0 radical (unpaired) electrons. The molecule has 82 valence electrons. The van der Waals surface area contributed by atoms with E-state index in [4.69, 9.17) is 9.47 Å². The van der Waals surface area contributed by atoms with Crippen LogP contribution in [0.25, 0.3) is 0 Å². The third-order valence-corrected chi connectivity index (χ3v) is 2.39. The van der Waals surface area contributed by atoms with E-state index in [0.717, 1.165) is 22.4 Å². The Morgan fingerprint density at radius 3 is 2.40 bits per heavy atom. The van der Waals surface area contributed by atoms with Gasteiger partial charge in [0.1, 0.15) is 5.75 Å². The molecule has 0 N–H and O–H groups in total. The van der Waals surface area contributed by atoms with Gasteiger partial charge >= 0.3 is 5.30 Å². The zero-order valence-corrected chi connectivity index (χ0v) is 9.67. The number of benzene rings is 1. The summed E-state index contributed by atoms with van der Waals surface area (Å²) in [6.45, 7) is 4.77. The first-order valence-corrected chi connectivity index (χ1v) is 5.65. The lowest BCUT2D eigenvalue weighted by Gasteiger charge is -2.04. The Morgan fingerprint density at radius 1 is 1.20 bits per heavy atom. The lowest BCUT2D eigenvalue weighted by molar-refractivity contribution is 0.181. The number of rotatable bonds is 4. The summed E-state index contributed by atoms with van der Waals surface area (Å²) in [4.78, 5) is 12.0. The molecule has 0 unspecified atom stereocenters. The van der Waals surface area contributed by atoms with Gasteiger partial charge in [-0.15, -0.1) is 0 Å². The normalized spacial score (nSPS) is 9.73. The predicted octanol–water partition coefficient (Wildman–Crippen LogP) is 3.33. The fourth-order valence-corrected chi connectivity index (χ4v) is 1.66. The molecular weight excluding hydrogens is 212 g/mol. The van der Waals surface area contributed by atoms with Crippen LogP contribution in [0.1, 0.15) is 13.8 Å². The molecule has 1 aromatic rings. The number of carbonyl (C=O) groups is 1. The second kappa shape index (κ2) is 6.35. The first kappa shape index (κ1) is 11.9. The molecule has 0 bridgehead atoms. The Balaban J connectivity index is 2.52. The Bertz CT molecular complexity index is 308. The lowest BCUT2D eigenvalue weighted by Crippen LogP contribution is -1.95. The van der Waals surface area contributed by atoms with Gasteiger partial charge in [0.2, 0.25) is 0 Å². The van der Waals surface area contributed by atoms with E-state index in [1.165, 1.54) is 0 Å². The van der Waals surface area contributed by atoms with Crippen molar-refractivity contribution >= 4 is 17.1 Å². The van der Waals surface area contributed by atoms with E-state index in [1.807, 2.05) is 31.2 Å². The first-order chi connectivity index (χ1) is 7.26. The Morgan fingerprint density at radius 2 is 1.87 bits per heavy atom. The van der Waals surface area contributed by atoms with Crippen LogP contribution in [0.3, 0.4) is 0 Å². The van der Waals surface area contributed by atoms with Gasteiger partial charge in [0, 0.05) is 4.90 Å². The SMILES string of the molecule is CCOC(=O)Sc1ccc(OCC)cc1. The topological polar surface area (TPSA) is 35.5 Å². The summed E-state index contributed by atoms with van der Waals surface area (Å²) in [7, 11) is 0. The maximum atomic E-state index is 11.1. The summed E-state index contributed by atoms with van der Waals surface area (Å²) >= 11 is 1.08. The summed E-state index contributed by atoms with van der Waals surface area (Å²) in [5, 5.41) is -0.276. The Hall–Kier alpha value is -1.16. The van der Waals surface area contributed by atoms with Gasteiger partial charge in [-0.1, -0.05) is 0 Å². The van der Waals surface area contributed by atoms with E-state index in [-0.39, 0.29) is 5.30 Å². The zero-order chi connectivity index (χ0) is 11.1. The minimum Gasteiger partial charge on any atom is -0.494 e. The van der Waals surface area contributed by atoms with Crippen LogP contribution in [0.4, 0.5) is 4.79 Å². The quantitative estimate of drug-likeness (QED) is 0.582. The third-order valence-electron chi connectivity index (χ3n) is 1.60. The van der Waals surface area contributed by atoms with Gasteiger partial charge in [-0.2, -0.15) is 0 Å². The van der Waals surface area contributed by atoms with E-state index < -0.39 is 0 Å². The Kier molecular flexibility index (Phi) is 5.04. The van der Waals surface area contributed by atoms with E-state index in [9.17, 15) is 4.79 Å². The average Bonchev–Trinajstić information content (AvgIpc) is 2.22. The van der Waals surface area contributed by atoms with Crippen molar-refractivity contribution in [3.8, 4) is 5.75 Å². The fourth-order valence-electron chi connectivity index (χ4n) is 1.01. The highest BCUT2D eigenvalue weighted by molar-refractivity contribution is 8.13. The van der Waals surface area contributed by atoms with Gasteiger partial charge in [-0.3, -0.25) is 0 Å². The molecule has 0 amide bonds. The number of carbonyl (C=O) groups excluding carboxylic acids is 1. The van der Waals surface area contributed by atoms with Crippen LogP contribution >= 0.6 is 11.8 Å². The highest BCUT2D eigenvalue weighted by atomic mass is 32.2. The van der Waals surface area contributed by atoms with Crippen molar-refractivity contribution in [1.82, 2.24) is 0 Å². The molecular formula is C11H14O3S. The van der Waals surface area contributed by atoms with Gasteiger partial charge in [0.25, 0.3) is 0 Å². The van der Waals surface area contributed by atoms with Crippen molar-refractivity contribution in [2.75, 3.05) is 13.2 Å². The summed E-state index contributed by atoms with van der Waals surface area (Å²) < 4.78 is 10.1. The number of hydrogen-bond donors (Lipinski definition) is 0. The summed E-state index contributed by atoms with van der Waals surface area (Å²) in [6, 6.07) is 7.36. The van der Waals surface area contributed by atoms with E-state index in [2.05, 4.69) is 0 Å². The summed E-state index contributed by atoms with van der Waals surface area (Å²) in [5.41, 5.74) is 0. The molecule has 0 aromatic heterocycles. The molecule has 0 spiro atoms. The van der Waals surface area contributed by atoms with Gasteiger partial charge in [-0.25, -0.2) is 4.79 Å². The second-order valence-corrected chi connectivity index (χ2v) is 3.70. The lowest BCUT2D eigenvalue weighted by atomic mass is 10.3. The molecule has 1 aromatic carbocycles. The second-order valence-electron chi connectivity index (χ2n) is 2.69. The van der Waals surface area contributed by atoms with Crippen LogP contribution in [0, 0.1) is 0 Å². The van der Waals surface area contributed by atoms with Crippen molar-refractivity contribution in [3.63, 3.8) is 0 Å². The van der Waals surface area contributed by atoms with Gasteiger partial charge < -0.3 is 9.47 Å². The Labute approximate surface area is 93.8 Å². The highest BCUT2D eigenvalue weighted by Crippen LogP contribution is 2.22. The van der Waals surface area contributed by atoms with Crippen molar-refractivity contribution in [2.24, 2.45) is 0 Å². The number of ether oxygens (including phenoxy) is 2. The molecule has 0 aliphatic carbocycles. The minimum absolute atomic E-state index is 0.276. The molecule has 0 aliphatic rings. The third kappa shape index (κ3) is 4.25. The number of thioether (sulfide) groups is 1. The van der Waals surface area contributed by atoms with Crippen LogP contribution < -0.4 is 4.74 Å². The van der Waals surface area contributed by atoms with Crippen molar-refractivity contribution in [3.05, 3.63) is 24.3 Å². The fraction of sp³-hybridized carbons (Fsp3) is 0.364. The molecule has 15 heavy (non-hydrogen) atoms. The largest absolute Gasteiger partial charge is 0.494 e. The van der Waals surface area contributed by atoms with E-state index in [1.54, 1.807) is 6.92 Å². The predicted molar refractivity (Wildman–Crippen MR) is 60.5 cm³/mol. The molecule has 0 heterocycles. The molecule has 0 saturated heterocycles. The maximum absolute atomic E-state index is 11.1. The molecule has 0 saturated carbocycles. The molecule has 4 heteroatoms. The van der Waals surface area contributed by atoms with Crippen LogP contribution in [0.5, 0.6) is 5.75 Å². The summed E-state index contributed by atoms with van der Waals surface area (Å²) in [6.07, 6.45) is 0. The minimum atomic E-state index is -0.276.